The average Bonchev–Trinajstić information content (AvgIpc) is 2.76. The Morgan fingerprint density at radius 3 is 2.45 bits per heavy atom. The minimum atomic E-state index is 0.195. The van der Waals surface area contributed by atoms with E-state index in [9.17, 15) is 4.79 Å². The van der Waals surface area contributed by atoms with Crippen molar-refractivity contribution in [3.8, 4) is 0 Å². The zero-order valence-electron chi connectivity index (χ0n) is 12.9. The van der Waals surface area contributed by atoms with Crippen molar-refractivity contribution >= 4 is 5.91 Å². The molecule has 0 aromatic heterocycles. The highest BCUT2D eigenvalue weighted by Gasteiger charge is 2.26. The first kappa shape index (κ1) is 14.8. The maximum atomic E-state index is 11.8. The van der Waals surface area contributed by atoms with E-state index >= 15 is 0 Å². The Morgan fingerprint density at radius 2 is 1.95 bits per heavy atom. The molecule has 0 radical (unpaired) electrons. The molecule has 0 bridgehead atoms. The summed E-state index contributed by atoms with van der Waals surface area (Å²) < 4.78 is 0. The number of carbonyl (C=O) groups excluding carboxylic acids is 1. The number of hydrogen-bond donors (Lipinski definition) is 0. The van der Waals surface area contributed by atoms with Crippen molar-refractivity contribution in [2.24, 2.45) is 5.92 Å². The summed E-state index contributed by atoms with van der Waals surface area (Å²) in [5.74, 6) is 0.604. The molecule has 1 fully saturated rings. The Balaban J connectivity index is 1.92. The van der Waals surface area contributed by atoms with E-state index in [0.29, 0.717) is 12.3 Å². The van der Waals surface area contributed by atoms with Gasteiger partial charge in [-0.05, 0) is 23.0 Å². The molecule has 108 valence electrons. The van der Waals surface area contributed by atoms with E-state index in [4.69, 9.17) is 0 Å². The zero-order chi connectivity index (χ0) is 14.8. The lowest BCUT2D eigenvalue weighted by Gasteiger charge is -2.20. The van der Waals surface area contributed by atoms with Gasteiger partial charge in [0.2, 0.25) is 5.91 Å². The third-order valence-corrected chi connectivity index (χ3v) is 4.07. The SMILES string of the molecule is C=CC1CC(=O)N(CCc2ccc(C(C)(C)C)cc2)C1. The summed E-state index contributed by atoms with van der Waals surface area (Å²) in [6, 6.07) is 8.78. The number of carbonyl (C=O) groups is 1. The summed E-state index contributed by atoms with van der Waals surface area (Å²) in [7, 11) is 0. The van der Waals surface area contributed by atoms with Gasteiger partial charge < -0.3 is 4.90 Å². The lowest BCUT2D eigenvalue weighted by atomic mass is 9.86. The van der Waals surface area contributed by atoms with Crippen molar-refractivity contribution in [1.82, 2.24) is 4.90 Å². The lowest BCUT2D eigenvalue weighted by Crippen LogP contribution is -2.27. The van der Waals surface area contributed by atoms with Gasteiger partial charge in [0.25, 0.3) is 0 Å². The smallest absolute Gasteiger partial charge is 0.223 e. The second-order valence-corrected chi connectivity index (χ2v) is 6.74. The van der Waals surface area contributed by atoms with Crippen LogP contribution in [0.25, 0.3) is 0 Å². The summed E-state index contributed by atoms with van der Waals surface area (Å²) in [4.78, 5) is 13.8. The van der Waals surface area contributed by atoms with Crippen LogP contribution in [0.2, 0.25) is 0 Å². The van der Waals surface area contributed by atoms with Gasteiger partial charge in [0, 0.05) is 25.4 Å². The first-order chi connectivity index (χ1) is 9.40. The molecule has 1 heterocycles. The van der Waals surface area contributed by atoms with Crippen molar-refractivity contribution in [3.63, 3.8) is 0 Å². The topological polar surface area (TPSA) is 20.3 Å². The molecule has 1 amide bonds. The molecular weight excluding hydrogens is 246 g/mol. The molecule has 1 aromatic carbocycles. The van der Waals surface area contributed by atoms with Crippen molar-refractivity contribution in [2.75, 3.05) is 13.1 Å². The summed E-state index contributed by atoms with van der Waals surface area (Å²) >= 11 is 0. The van der Waals surface area contributed by atoms with Gasteiger partial charge in [0.05, 0.1) is 0 Å². The number of hydrogen-bond acceptors (Lipinski definition) is 1. The Morgan fingerprint density at radius 1 is 1.30 bits per heavy atom. The van der Waals surface area contributed by atoms with E-state index in [-0.39, 0.29) is 11.3 Å². The fourth-order valence-electron chi connectivity index (χ4n) is 2.61. The minimum absolute atomic E-state index is 0.195. The monoisotopic (exact) mass is 271 g/mol. The second-order valence-electron chi connectivity index (χ2n) is 6.74. The summed E-state index contributed by atoms with van der Waals surface area (Å²) in [5.41, 5.74) is 2.85. The highest BCUT2D eigenvalue weighted by atomic mass is 16.2. The first-order valence-electron chi connectivity index (χ1n) is 7.40. The standard InChI is InChI=1S/C18H25NO/c1-5-14-12-17(20)19(13-14)11-10-15-6-8-16(9-7-15)18(2,3)4/h5-9,14H,1,10-13H2,2-4H3. The predicted molar refractivity (Wildman–Crippen MR) is 83.7 cm³/mol. The molecule has 1 aliphatic rings. The van der Waals surface area contributed by atoms with Crippen LogP contribution >= 0.6 is 0 Å². The molecule has 0 spiro atoms. The quantitative estimate of drug-likeness (QED) is 0.767. The van der Waals surface area contributed by atoms with Crippen molar-refractivity contribution < 1.29 is 4.79 Å². The van der Waals surface area contributed by atoms with Crippen LogP contribution in [0, 0.1) is 5.92 Å². The number of amides is 1. The first-order valence-corrected chi connectivity index (χ1v) is 7.40. The Kier molecular flexibility index (Phi) is 4.32. The van der Waals surface area contributed by atoms with Gasteiger partial charge in [0.1, 0.15) is 0 Å². The molecular formula is C18H25NO. The van der Waals surface area contributed by atoms with E-state index in [1.165, 1.54) is 11.1 Å². The highest BCUT2D eigenvalue weighted by molar-refractivity contribution is 5.79. The molecule has 2 heteroatoms. The van der Waals surface area contributed by atoms with Gasteiger partial charge in [-0.2, -0.15) is 0 Å². The Bertz CT molecular complexity index is 481. The zero-order valence-corrected chi connectivity index (χ0v) is 12.9. The number of rotatable bonds is 4. The van der Waals surface area contributed by atoms with Crippen LogP contribution in [0.5, 0.6) is 0 Å². The van der Waals surface area contributed by atoms with Crippen molar-refractivity contribution in [1.29, 1.82) is 0 Å². The number of likely N-dealkylation sites (tertiary alicyclic amines) is 1. The van der Waals surface area contributed by atoms with E-state index in [0.717, 1.165) is 19.5 Å². The fourth-order valence-corrected chi connectivity index (χ4v) is 2.61. The fraction of sp³-hybridized carbons (Fsp3) is 0.500. The molecule has 1 aliphatic heterocycles. The van der Waals surface area contributed by atoms with E-state index in [2.05, 4.69) is 51.6 Å². The minimum Gasteiger partial charge on any atom is -0.342 e. The molecule has 2 rings (SSSR count). The van der Waals surface area contributed by atoms with Crippen LogP contribution in [0.1, 0.15) is 38.3 Å². The molecule has 1 atom stereocenters. The van der Waals surface area contributed by atoms with Crippen LogP contribution in [-0.4, -0.2) is 23.9 Å². The van der Waals surface area contributed by atoms with E-state index < -0.39 is 0 Å². The molecule has 1 unspecified atom stereocenters. The molecule has 2 nitrogen and oxygen atoms in total. The second kappa shape index (κ2) is 5.82. The van der Waals surface area contributed by atoms with Crippen LogP contribution in [0.4, 0.5) is 0 Å². The van der Waals surface area contributed by atoms with Crippen LogP contribution < -0.4 is 0 Å². The normalized spacial score (nSPS) is 19.4. The third-order valence-electron chi connectivity index (χ3n) is 4.07. The van der Waals surface area contributed by atoms with Crippen LogP contribution in [0.15, 0.2) is 36.9 Å². The molecule has 0 saturated carbocycles. The van der Waals surface area contributed by atoms with Gasteiger partial charge in [0.15, 0.2) is 0 Å². The van der Waals surface area contributed by atoms with Gasteiger partial charge in [-0.25, -0.2) is 0 Å². The Labute approximate surface area is 122 Å². The van der Waals surface area contributed by atoms with Crippen molar-refractivity contribution in [3.05, 3.63) is 48.0 Å². The van der Waals surface area contributed by atoms with Gasteiger partial charge in [-0.3, -0.25) is 4.79 Å². The van der Waals surface area contributed by atoms with Gasteiger partial charge in [-0.1, -0.05) is 51.1 Å². The third kappa shape index (κ3) is 3.50. The largest absolute Gasteiger partial charge is 0.342 e. The lowest BCUT2D eigenvalue weighted by molar-refractivity contribution is -0.127. The average molecular weight is 271 g/mol. The maximum Gasteiger partial charge on any atom is 0.223 e. The Hall–Kier alpha value is -1.57. The van der Waals surface area contributed by atoms with E-state index in [1.54, 1.807) is 0 Å². The summed E-state index contributed by atoms with van der Waals surface area (Å²) in [6.07, 6.45) is 3.46. The summed E-state index contributed by atoms with van der Waals surface area (Å²) in [6.45, 7) is 12.1. The molecule has 0 aliphatic carbocycles. The van der Waals surface area contributed by atoms with Crippen LogP contribution in [0.3, 0.4) is 0 Å². The molecule has 1 aromatic rings. The van der Waals surface area contributed by atoms with Gasteiger partial charge in [-0.15, -0.1) is 6.58 Å². The summed E-state index contributed by atoms with van der Waals surface area (Å²) in [5, 5.41) is 0. The van der Waals surface area contributed by atoms with Crippen LogP contribution in [-0.2, 0) is 16.6 Å². The number of nitrogens with zero attached hydrogens (tertiary/aromatic N) is 1. The molecule has 0 N–H and O–H groups in total. The predicted octanol–water partition coefficient (Wildman–Crippen LogP) is 3.56. The number of benzene rings is 1. The highest BCUT2D eigenvalue weighted by Crippen LogP contribution is 2.23. The molecule has 20 heavy (non-hydrogen) atoms. The van der Waals surface area contributed by atoms with Gasteiger partial charge >= 0.3 is 0 Å². The molecule has 1 saturated heterocycles. The van der Waals surface area contributed by atoms with Crippen molar-refractivity contribution in [2.45, 2.75) is 39.0 Å². The maximum absolute atomic E-state index is 11.8. The van der Waals surface area contributed by atoms with E-state index in [1.807, 2.05) is 11.0 Å².